The third-order valence-electron chi connectivity index (χ3n) is 4.87. The minimum atomic E-state index is 0.407. The van der Waals surface area contributed by atoms with Crippen LogP contribution in [0.25, 0.3) is 0 Å². The molecule has 1 fully saturated rings. The summed E-state index contributed by atoms with van der Waals surface area (Å²) < 4.78 is 0. The van der Waals surface area contributed by atoms with Gasteiger partial charge in [0.15, 0.2) is 0 Å². The van der Waals surface area contributed by atoms with E-state index < -0.39 is 0 Å². The van der Waals surface area contributed by atoms with Crippen LogP contribution in [0.3, 0.4) is 0 Å². The molecule has 0 saturated carbocycles. The SMILES string of the molecule is CCCC(C)(CNCC(C)C)CN1CC(C)C(N(C)C)C1. The number of likely N-dealkylation sites (N-methyl/N-ethyl adjacent to an activating group) is 1. The van der Waals surface area contributed by atoms with Crippen molar-refractivity contribution in [2.75, 3.05) is 46.8 Å². The maximum absolute atomic E-state index is 3.69. The van der Waals surface area contributed by atoms with Gasteiger partial charge in [0.05, 0.1) is 0 Å². The minimum Gasteiger partial charge on any atom is -0.316 e. The highest BCUT2D eigenvalue weighted by Gasteiger charge is 2.35. The van der Waals surface area contributed by atoms with E-state index in [1.54, 1.807) is 0 Å². The Bertz CT molecular complexity index is 290. The molecule has 0 aliphatic carbocycles. The first-order chi connectivity index (χ1) is 9.77. The summed E-state index contributed by atoms with van der Waals surface area (Å²) >= 11 is 0. The molecule has 1 saturated heterocycles. The van der Waals surface area contributed by atoms with E-state index in [1.165, 1.54) is 32.5 Å². The Hall–Kier alpha value is -0.120. The molecule has 3 atom stereocenters. The van der Waals surface area contributed by atoms with Gasteiger partial charge in [0.2, 0.25) is 0 Å². The number of likely N-dealkylation sites (tertiary alicyclic amines) is 1. The van der Waals surface area contributed by atoms with Gasteiger partial charge in [-0.05, 0) is 44.3 Å². The largest absolute Gasteiger partial charge is 0.316 e. The Balaban J connectivity index is 2.53. The number of nitrogens with one attached hydrogen (secondary N) is 1. The van der Waals surface area contributed by atoms with E-state index >= 15 is 0 Å². The molecule has 0 spiro atoms. The van der Waals surface area contributed by atoms with E-state index in [2.05, 4.69) is 63.8 Å². The van der Waals surface area contributed by atoms with Crippen molar-refractivity contribution in [2.45, 2.75) is 53.5 Å². The molecule has 0 aromatic heterocycles. The van der Waals surface area contributed by atoms with Crippen LogP contribution in [0.4, 0.5) is 0 Å². The molecule has 1 aliphatic heterocycles. The Morgan fingerprint density at radius 2 is 1.95 bits per heavy atom. The fourth-order valence-corrected chi connectivity index (χ4v) is 3.88. The molecule has 0 radical (unpaired) electrons. The second-order valence-electron chi connectivity index (χ2n) is 8.29. The summed E-state index contributed by atoms with van der Waals surface area (Å²) in [5.74, 6) is 1.52. The Morgan fingerprint density at radius 3 is 2.43 bits per heavy atom. The highest BCUT2D eigenvalue weighted by atomic mass is 15.2. The van der Waals surface area contributed by atoms with Crippen LogP contribution in [0, 0.1) is 17.3 Å². The molecule has 0 aromatic rings. The molecule has 3 unspecified atom stereocenters. The molecule has 1 heterocycles. The summed E-state index contributed by atoms with van der Waals surface area (Å²) in [6.45, 7) is 17.8. The van der Waals surface area contributed by atoms with Crippen molar-refractivity contribution in [3.8, 4) is 0 Å². The predicted molar refractivity (Wildman–Crippen MR) is 93.8 cm³/mol. The molecule has 126 valence electrons. The van der Waals surface area contributed by atoms with Gasteiger partial charge in [-0.1, -0.05) is 41.0 Å². The number of rotatable bonds is 9. The first-order valence-corrected chi connectivity index (χ1v) is 8.87. The van der Waals surface area contributed by atoms with E-state index in [0.29, 0.717) is 5.41 Å². The lowest BCUT2D eigenvalue weighted by Gasteiger charge is -2.34. The lowest BCUT2D eigenvalue weighted by atomic mass is 9.84. The fraction of sp³-hybridized carbons (Fsp3) is 1.00. The van der Waals surface area contributed by atoms with Gasteiger partial charge in [0.1, 0.15) is 0 Å². The molecule has 1 N–H and O–H groups in total. The van der Waals surface area contributed by atoms with Gasteiger partial charge in [0, 0.05) is 32.2 Å². The number of hydrogen-bond acceptors (Lipinski definition) is 3. The highest BCUT2D eigenvalue weighted by molar-refractivity contribution is 4.90. The van der Waals surface area contributed by atoms with Crippen LogP contribution in [0.15, 0.2) is 0 Å². The van der Waals surface area contributed by atoms with Gasteiger partial charge in [-0.2, -0.15) is 0 Å². The zero-order chi connectivity index (χ0) is 16.0. The van der Waals surface area contributed by atoms with Crippen LogP contribution in [0.1, 0.15) is 47.5 Å². The fourth-order valence-electron chi connectivity index (χ4n) is 3.88. The van der Waals surface area contributed by atoms with Crippen molar-refractivity contribution in [1.82, 2.24) is 15.1 Å². The third-order valence-corrected chi connectivity index (χ3v) is 4.87. The predicted octanol–water partition coefficient (Wildman–Crippen LogP) is 2.92. The molecule has 3 nitrogen and oxygen atoms in total. The van der Waals surface area contributed by atoms with Gasteiger partial charge in [0.25, 0.3) is 0 Å². The lowest BCUT2D eigenvalue weighted by Crippen LogP contribution is -2.43. The standard InChI is InChI=1S/C18H39N3/c1-8-9-18(5,13-19-10-15(2)3)14-21-11-16(4)17(12-21)20(6)7/h15-17,19H,8-14H2,1-7H3. The summed E-state index contributed by atoms with van der Waals surface area (Å²) in [5, 5.41) is 3.69. The highest BCUT2D eigenvalue weighted by Crippen LogP contribution is 2.28. The zero-order valence-corrected chi connectivity index (χ0v) is 15.6. The Labute approximate surface area is 133 Å². The second-order valence-corrected chi connectivity index (χ2v) is 8.29. The molecule has 3 heteroatoms. The Morgan fingerprint density at radius 1 is 1.29 bits per heavy atom. The van der Waals surface area contributed by atoms with Crippen molar-refractivity contribution >= 4 is 0 Å². The Kier molecular flexibility index (Phi) is 7.66. The van der Waals surface area contributed by atoms with Crippen molar-refractivity contribution in [2.24, 2.45) is 17.3 Å². The molecule has 1 rings (SSSR count). The van der Waals surface area contributed by atoms with E-state index in [9.17, 15) is 0 Å². The summed E-state index contributed by atoms with van der Waals surface area (Å²) in [6.07, 6.45) is 2.59. The quantitative estimate of drug-likeness (QED) is 0.706. The van der Waals surface area contributed by atoms with Crippen molar-refractivity contribution < 1.29 is 0 Å². The molecule has 0 aromatic carbocycles. The van der Waals surface area contributed by atoms with Crippen molar-refractivity contribution in [3.05, 3.63) is 0 Å². The summed E-state index contributed by atoms with van der Waals surface area (Å²) in [4.78, 5) is 5.10. The summed E-state index contributed by atoms with van der Waals surface area (Å²) in [6, 6.07) is 0.722. The minimum absolute atomic E-state index is 0.407. The van der Waals surface area contributed by atoms with Crippen LogP contribution in [0.2, 0.25) is 0 Å². The monoisotopic (exact) mass is 297 g/mol. The smallest absolute Gasteiger partial charge is 0.0254 e. The molecular formula is C18H39N3. The molecular weight excluding hydrogens is 258 g/mol. The lowest BCUT2D eigenvalue weighted by molar-refractivity contribution is 0.162. The first kappa shape index (κ1) is 18.9. The van der Waals surface area contributed by atoms with Crippen LogP contribution >= 0.6 is 0 Å². The van der Waals surface area contributed by atoms with Crippen LogP contribution in [0.5, 0.6) is 0 Å². The third kappa shape index (κ3) is 6.25. The van der Waals surface area contributed by atoms with E-state index in [1.807, 2.05) is 0 Å². The van der Waals surface area contributed by atoms with Crippen molar-refractivity contribution in [1.29, 1.82) is 0 Å². The average Bonchev–Trinajstić information content (AvgIpc) is 2.69. The first-order valence-electron chi connectivity index (χ1n) is 8.87. The van der Waals surface area contributed by atoms with Gasteiger partial charge < -0.3 is 15.1 Å². The van der Waals surface area contributed by atoms with E-state index in [4.69, 9.17) is 0 Å². The topological polar surface area (TPSA) is 18.5 Å². The van der Waals surface area contributed by atoms with E-state index in [-0.39, 0.29) is 0 Å². The van der Waals surface area contributed by atoms with Gasteiger partial charge in [-0.3, -0.25) is 0 Å². The molecule has 21 heavy (non-hydrogen) atoms. The van der Waals surface area contributed by atoms with Crippen LogP contribution < -0.4 is 5.32 Å². The number of hydrogen-bond donors (Lipinski definition) is 1. The van der Waals surface area contributed by atoms with E-state index in [0.717, 1.165) is 31.0 Å². The van der Waals surface area contributed by atoms with Crippen molar-refractivity contribution in [3.63, 3.8) is 0 Å². The summed E-state index contributed by atoms with van der Waals surface area (Å²) in [5.41, 5.74) is 0.407. The second kappa shape index (κ2) is 8.50. The van der Waals surface area contributed by atoms with Crippen LogP contribution in [-0.4, -0.2) is 62.7 Å². The maximum Gasteiger partial charge on any atom is 0.0254 e. The van der Waals surface area contributed by atoms with Gasteiger partial charge in [-0.25, -0.2) is 0 Å². The number of nitrogens with zero attached hydrogens (tertiary/aromatic N) is 2. The van der Waals surface area contributed by atoms with Gasteiger partial charge >= 0.3 is 0 Å². The molecule has 0 bridgehead atoms. The maximum atomic E-state index is 3.69. The summed E-state index contributed by atoms with van der Waals surface area (Å²) in [7, 11) is 4.44. The average molecular weight is 298 g/mol. The zero-order valence-electron chi connectivity index (χ0n) is 15.6. The van der Waals surface area contributed by atoms with Crippen LogP contribution in [-0.2, 0) is 0 Å². The molecule has 0 amide bonds. The van der Waals surface area contributed by atoms with Gasteiger partial charge in [-0.15, -0.1) is 0 Å². The normalized spacial score (nSPS) is 26.7. The molecule has 1 aliphatic rings.